The van der Waals surface area contributed by atoms with E-state index in [4.69, 9.17) is 9.72 Å². The summed E-state index contributed by atoms with van der Waals surface area (Å²) in [4.78, 5) is 19.2. The van der Waals surface area contributed by atoms with Crippen molar-refractivity contribution in [2.75, 3.05) is 11.9 Å². The lowest BCUT2D eigenvalue weighted by Crippen LogP contribution is -2.28. The Morgan fingerprint density at radius 1 is 1.08 bits per heavy atom. The Morgan fingerprint density at radius 2 is 1.73 bits per heavy atom. The number of hydrogen-bond acceptors (Lipinski definition) is 4. The van der Waals surface area contributed by atoms with E-state index in [2.05, 4.69) is 17.0 Å². The highest BCUT2D eigenvalue weighted by Crippen LogP contribution is 2.23. The van der Waals surface area contributed by atoms with Crippen LogP contribution in [0.3, 0.4) is 0 Å². The Balaban J connectivity index is 1.92. The number of anilines is 1. The Bertz CT molecular complexity index is 895. The molecule has 0 aliphatic rings. The van der Waals surface area contributed by atoms with Crippen LogP contribution in [0.5, 0.6) is 0 Å². The predicted molar refractivity (Wildman–Crippen MR) is 104 cm³/mol. The summed E-state index contributed by atoms with van der Waals surface area (Å²) in [7, 11) is 1.99. The van der Waals surface area contributed by atoms with Gasteiger partial charge < -0.3 is 9.64 Å². The standard InChI is InChI=1S/C21H25N3O2/c1-21(2,3)26-19(25)15-24-18-13-9-8-12-17(18)22-20(24)23(4)14-16-10-6-5-7-11-16/h5-13H,14-15H2,1-4H3. The number of rotatable bonds is 5. The molecular formula is C21H25N3O2. The number of imidazole rings is 1. The smallest absolute Gasteiger partial charge is 0.326 e. The van der Waals surface area contributed by atoms with Gasteiger partial charge in [-0.25, -0.2) is 4.98 Å². The lowest BCUT2D eigenvalue weighted by atomic mass is 10.2. The van der Waals surface area contributed by atoms with E-state index in [9.17, 15) is 4.79 Å². The number of hydrogen-bond donors (Lipinski definition) is 0. The number of carbonyl (C=O) groups excluding carboxylic acids is 1. The van der Waals surface area contributed by atoms with Crippen LogP contribution in [0.15, 0.2) is 54.6 Å². The number of esters is 1. The normalized spacial score (nSPS) is 11.5. The lowest BCUT2D eigenvalue weighted by molar-refractivity contribution is -0.155. The highest BCUT2D eigenvalue weighted by molar-refractivity contribution is 5.81. The number of carbonyl (C=O) groups is 1. The fraction of sp³-hybridized carbons (Fsp3) is 0.333. The maximum Gasteiger partial charge on any atom is 0.326 e. The van der Waals surface area contributed by atoms with Gasteiger partial charge in [0.25, 0.3) is 0 Å². The van der Waals surface area contributed by atoms with E-state index in [1.165, 1.54) is 5.56 Å². The summed E-state index contributed by atoms with van der Waals surface area (Å²) in [5.41, 5.74) is 2.47. The Labute approximate surface area is 154 Å². The number of benzene rings is 2. The van der Waals surface area contributed by atoms with Gasteiger partial charge in [0.15, 0.2) is 0 Å². The van der Waals surface area contributed by atoms with Crippen molar-refractivity contribution in [1.82, 2.24) is 9.55 Å². The van der Waals surface area contributed by atoms with Crippen molar-refractivity contribution in [2.24, 2.45) is 0 Å². The Hall–Kier alpha value is -2.82. The van der Waals surface area contributed by atoms with Crippen LogP contribution >= 0.6 is 0 Å². The third-order valence-electron chi connectivity index (χ3n) is 3.95. The van der Waals surface area contributed by atoms with Gasteiger partial charge in [0.2, 0.25) is 5.95 Å². The molecular weight excluding hydrogens is 326 g/mol. The molecule has 5 nitrogen and oxygen atoms in total. The molecule has 1 aromatic heterocycles. The maximum atomic E-state index is 12.4. The quantitative estimate of drug-likeness (QED) is 0.652. The van der Waals surface area contributed by atoms with Crippen LogP contribution < -0.4 is 4.90 Å². The number of para-hydroxylation sites is 2. The second-order valence-corrected chi connectivity index (χ2v) is 7.41. The first-order chi connectivity index (χ1) is 12.3. The Kier molecular flexibility index (Phi) is 4.98. The molecule has 26 heavy (non-hydrogen) atoms. The molecule has 0 spiro atoms. The first kappa shape index (κ1) is 18.0. The van der Waals surface area contributed by atoms with E-state index in [0.29, 0.717) is 6.54 Å². The monoisotopic (exact) mass is 351 g/mol. The summed E-state index contributed by atoms with van der Waals surface area (Å²) < 4.78 is 7.43. The van der Waals surface area contributed by atoms with Crippen LogP contribution in [0.2, 0.25) is 0 Å². The minimum absolute atomic E-state index is 0.131. The molecule has 0 unspecified atom stereocenters. The van der Waals surface area contributed by atoms with Gasteiger partial charge >= 0.3 is 5.97 Å². The molecule has 1 heterocycles. The molecule has 0 aliphatic carbocycles. The number of ether oxygens (including phenoxy) is 1. The molecule has 0 N–H and O–H groups in total. The molecule has 3 aromatic rings. The number of nitrogens with zero attached hydrogens (tertiary/aromatic N) is 3. The summed E-state index contributed by atoms with van der Waals surface area (Å²) >= 11 is 0. The zero-order valence-electron chi connectivity index (χ0n) is 15.8. The fourth-order valence-corrected chi connectivity index (χ4v) is 2.94. The van der Waals surface area contributed by atoms with Crippen molar-refractivity contribution in [2.45, 2.75) is 39.5 Å². The molecule has 5 heteroatoms. The molecule has 0 atom stereocenters. The van der Waals surface area contributed by atoms with Gasteiger partial charge in [-0.05, 0) is 38.5 Å². The number of fused-ring (bicyclic) bond motifs is 1. The topological polar surface area (TPSA) is 47.4 Å². The van der Waals surface area contributed by atoms with Gasteiger partial charge in [-0.2, -0.15) is 0 Å². The van der Waals surface area contributed by atoms with Gasteiger partial charge in [-0.3, -0.25) is 9.36 Å². The average molecular weight is 351 g/mol. The third-order valence-corrected chi connectivity index (χ3v) is 3.95. The molecule has 2 aromatic carbocycles. The molecule has 0 amide bonds. The molecule has 3 rings (SSSR count). The largest absolute Gasteiger partial charge is 0.459 e. The predicted octanol–water partition coefficient (Wildman–Crippen LogP) is 4.01. The van der Waals surface area contributed by atoms with Crippen LogP contribution in [0.4, 0.5) is 5.95 Å². The van der Waals surface area contributed by atoms with Crippen molar-refractivity contribution >= 4 is 23.0 Å². The second-order valence-electron chi connectivity index (χ2n) is 7.41. The highest BCUT2D eigenvalue weighted by atomic mass is 16.6. The van der Waals surface area contributed by atoms with Gasteiger partial charge in [0.1, 0.15) is 12.1 Å². The van der Waals surface area contributed by atoms with E-state index in [1.807, 2.05) is 74.9 Å². The van der Waals surface area contributed by atoms with Crippen molar-refractivity contribution < 1.29 is 9.53 Å². The van der Waals surface area contributed by atoms with Crippen LogP contribution in [0.1, 0.15) is 26.3 Å². The van der Waals surface area contributed by atoms with Gasteiger partial charge in [0.05, 0.1) is 11.0 Å². The minimum Gasteiger partial charge on any atom is -0.459 e. The molecule has 136 valence electrons. The molecule has 0 radical (unpaired) electrons. The fourth-order valence-electron chi connectivity index (χ4n) is 2.94. The molecule has 0 bridgehead atoms. The summed E-state index contributed by atoms with van der Waals surface area (Å²) in [5.74, 6) is 0.482. The average Bonchev–Trinajstić information content (AvgIpc) is 2.93. The number of aromatic nitrogens is 2. The maximum absolute atomic E-state index is 12.4. The van der Waals surface area contributed by atoms with E-state index < -0.39 is 5.60 Å². The van der Waals surface area contributed by atoms with Crippen molar-refractivity contribution in [3.05, 3.63) is 60.2 Å². The first-order valence-electron chi connectivity index (χ1n) is 8.76. The first-order valence-corrected chi connectivity index (χ1v) is 8.76. The zero-order chi connectivity index (χ0) is 18.7. The van der Waals surface area contributed by atoms with Crippen molar-refractivity contribution in [1.29, 1.82) is 0 Å². The third kappa shape index (κ3) is 4.23. The summed E-state index contributed by atoms with van der Waals surface area (Å²) in [6.45, 7) is 6.46. The van der Waals surface area contributed by atoms with Crippen LogP contribution in [0.25, 0.3) is 11.0 Å². The van der Waals surface area contributed by atoms with E-state index in [1.54, 1.807) is 0 Å². The van der Waals surface area contributed by atoms with Gasteiger partial charge in [0, 0.05) is 13.6 Å². The van der Waals surface area contributed by atoms with E-state index in [0.717, 1.165) is 17.0 Å². The molecule has 0 aliphatic heterocycles. The van der Waals surface area contributed by atoms with Crippen molar-refractivity contribution in [3.63, 3.8) is 0 Å². The van der Waals surface area contributed by atoms with Crippen LogP contribution in [-0.2, 0) is 22.6 Å². The van der Waals surface area contributed by atoms with E-state index in [-0.39, 0.29) is 12.5 Å². The minimum atomic E-state index is -0.510. The highest BCUT2D eigenvalue weighted by Gasteiger charge is 2.21. The SMILES string of the molecule is CN(Cc1ccccc1)c1nc2ccccc2n1CC(=O)OC(C)(C)C. The Morgan fingerprint density at radius 3 is 2.42 bits per heavy atom. The van der Waals surface area contributed by atoms with E-state index >= 15 is 0 Å². The summed E-state index contributed by atoms with van der Waals surface area (Å²) in [6, 6.07) is 18.0. The van der Waals surface area contributed by atoms with Crippen LogP contribution in [-0.4, -0.2) is 28.2 Å². The van der Waals surface area contributed by atoms with Gasteiger partial charge in [-0.1, -0.05) is 42.5 Å². The molecule has 0 saturated carbocycles. The lowest BCUT2D eigenvalue weighted by Gasteiger charge is -2.22. The second kappa shape index (κ2) is 7.20. The summed E-state index contributed by atoms with van der Waals surface area (Å²) in [6.07, 6.45) is 0. The van der Waals surface area contributed by atoms with Gasteiger partial charge in [-0.15, -0.1) is 0 Å². The zero-order valence-corrected chi connectivity index (χ0v) is 15.8. The van der Waals surface area contributed by atoms with Crippen molar-refractivity contribution in [3.8, 4) is 0 Å². The molecule has 0 saturated heterocycles. The summed E-state index contributed by atoms with van der Waals surface area (Å²) in [5, 5.41) is 0. The molecule has 0 fully saturated rings. The van der Waals surface area contributed by atoms with Crippen LogP contribution in [0, 0.1) is 0 Å².